The predicted molar refractivity (Wildman–Crippen MR) is 46.1 cm³/mol. The van der Waals surface area contributed by atoms with Gasteiger partial charge < -0.3 is 25.7 Å². The van der Waals surface area contributed by atoms with Gasteiger partial charge in [-0.05, 0) is 12.8 Å². The molecule has 1 saturated heterocycles. The van der Waals surface area contributed by atoms with E-state index >= 15 is 0 Å². The van der Waals surface area contributed by atoms with Gasteiger partial charge in [-0.25, -0.2) is 0 Å². The second-order valence-corrected chi connectivity index (χ2v) is 3.53. The van der Waals surface area contributed by atoms with E-state index in [9.17, 15) is 10.2 Å². The van der Waals surface area contributed by atoms with E-state index < -0.39 is 12.2 Å². The summed E-state index contributed by atoms with van der Waals surface area (Å²) in [5.41, 5.74) is 0. The van der Waals surface area contributed by atoms with Crippen molar-refractivity contribution >= 4 is 0 Å². The van der Waals surface area contributed by atoms with Crippen LogP contribution in [0.4, 0.5) is 0 Å². The van der Waals surface area contributed by atoms with Crippen LogP contribution in [0.15, 0.2) is 0 Å². The fourth-order valence-electron chi connectivity index (χ4n) is 1.68. The van der Waals surface area contributed by atoms with Crippen LogP contribution in [0.25, 0.3) is 0 Å². The van der Waals surface area contributed by atoms with E-state index in [0.717, 1.165) is 0 Å². The highest BCUT2D eigenvalue weighted by Gasteiger charge is 2.30. The minimum absolute atomic E-state index is 0.0638. The van der Waals surface area contributed by atoms with Crippen molar-refractivity contribution in [3.05, 3.63) is 0 Å². The normalized spacial score (nSPS) is 37.4. The summed E-state index contributed by atoms with van der Waals surface area (Å²) in [6.45, 7) is -0.395. The number of rotatable bonds is 3. The fourth-order valence-corrected chi connectivity index (χ4v) is 1.68. The van der Waals surface area contributed by atoms with Crippen LogP contribution in [0.5, 0.6) is 0 Å². The predicted octanol–water partition coefficient (Wildman–Crippen LogP) is -2.19. The lowest BCUT2D eigenvalue weighted by Gasteiger charge is -2.35. The fraction of sp³-hybridized carbons (Fsp3) is 1.00. The van der Waals surface area contributed by atoms with Crippen molar-refractivity contribution in [2.45, 2.75) is 37.1 Å². The summed E-state index contributed by atoms with van der Waals surface area (Å²) in [5.74, 6) is 0. The highest BCUT2D eigenvalue weighted by Crippen LogP contribution is 2.15. The van der Waals surface area contributed by atoms with Gasteiger partial charge in [0, 0.05) is 12.1 Å². The summed E-state index contributed by atoms with van der Waals surface area (Å²) in [6.07, 6.45) is -0.475. The van der Waals surface area contributed by atoms with E-state index in [-0.39, 0.29) is 25.3 Å². The van der Waals surface area contributed by atoms with Crippen LogP contribution < -0.4 is 5.32 Å². The maximum atomic E-state index is 9.38. The number of piperidine rings is 1. The molecule has 0 amide bonds. The Bertz CT molecular complexity index is 155. The Hall–Kier alpha value is -0.200. The molecule has 0 bridgehead atoms. The number of aliphatic hydroxyl groups excluding tert-OH is 4. The van der Waals surface area contributed by atoms with Crippen molar-refractivity contribution in [2.75, 3.05) is 13.2 Å². The number of hydrogen-bond donors (Lipinski definition) is 5. The molecule has 5 heteroatoms. The zero-order valence-electron chi connectivity index (χ0n) is 7.43. The molecule has 0 spiro atoms. The Morgan fingerprint density at radius 1 is 1.31 bits per heavy atom. The largest absolute Gasteiger partial charge is 0.395 e. The molecule has 0 radical (unpaired) electrons. The molecular weight excluding hydrogens is 174 g/mol. The molecule has 0 saturated carbocycles. The molecule has 0 aromatic rings. The average molecular weight is 191 g/mol. The lowest BCUT2D eigenvalue weighted by molar-refractivity contribution is 0.00374. The van der Waals surface area contributed by atoms with Gasteiger partial charge in [-0.1, -0.05) is 0 Å². The minimum Gasteiger partial charge on any atom is -0.395 e. The van der Waals surface area contributed by atoms with Gasteiger partial charge in [0.15, 0.2) is 0 Å². The van der Waals surface area contributed by atoms with Gasteiger partial charge in [0.25, 0.3) is 0 Å². The molecule has 13 heavy (non-hydrogen) atoms. The Morgan fingerprint density at radius 2 is 2.00 bits per heavy atom. The van der Waals surface area contributed by atoms with Gasteiger partial charge in [0.2, 0.25) is 0 Å². The third kappa shape index (κ3) is 2.89. The molecule has 1 rings (SSSR count). The van der Waals surface area contributed by atoms with Gasteiger partial charge in [-0.3, -0.25) is 0 Å². The summed E-state index contributed by atoms with van der Waals surface area (Å²) < 4.78 is 0. The topological polar surface area (TPSA) is 93.0 Å². The van der Waals surface area contributed by atoms with Gasteiger partial charge in [0.05, 0.1) is 25.4 Å². The Morgan fingerprint density at radius 3 is 2.54 bits per heavy atom. The van der Waals surface area contributed by atoms with E-state index in [4.69, 9.17) is 10.2 Å². The van der Waals surface area contributed by atoms with Gasteiger partial charge in [0.1, 0.15) is 0 Å². The van der Waals surface area contributed by atoms with E-state index in [1.165, 1.54) is 0 Å². The lowest BCUT2D eigenvalue weighted by Crippen LogP contribution is -2.54. The molecule has 5 N–H and O–H groups in total. The first-order valence-corrected chi connectivity index (χ1v) is 4.51. The van der Waals surface area contributed by atoms with Gasteiger partial charge in [-0.15, -0.1) is 0 Å². The summed E-state index contributed by atoms with van der Waals surface area (Å²) in [5, 5.41) is 39.2. The van der Waals surface area contributed by atoms with Crippen molar-refractivity contribution in [3.63, 3.8) is 0 Å². The van der Waals surface area contributed by atoms with Crippen LogP contribution in [0.3, 0.4) is 0 Å². The van der Waals surface area contributed by atoms with E-state index in [0.29, 0.717) is 12.8 Å². The summed E-state index contributed by atoms with van der Waals surface area (Å²) in [6, 6.07) is -0.513. The average Bonchev–Trinajstić information content (AvgIpc) is 2.15. The SMILES string of the molecule is OC[C@@H]1C[C@H](O)C[C@H]([C@@H](O)CO)N1. The van der Waals surface area contributed by atoms with Crippen LogP contribution in [0.2, 0.25) is 0 Å². The maximum Gasteiger partial charge on any atom is 0.0924 e. The van der Waals surface area contributed by atoms with Crippen LogP contribution in [-0.2, 0) is 0 Å². The zero-order valence-corrected chi connectivity index (χ0v) is 7.43. The maximum absolute atomic E-state index is 9.38. The molecule has 1 aliphatic heterocycles. The van der Waals surface area contributed by atoms with Gasteiger partial charge in [-0.2, -0.15) is 0 Å². The third-order valence-corrected chi connectivity index (χ3v) is 2.40. The quantitative estimate of drug-likeness (QED) is 0.349. The Balaban J connectivity index is 2.46. The molecule has 0 aromatic carbocycles. The Kier molecular flexibility index (Phi) is 4.08. The monoisotopic (exact) mass is 191 g/mol. The van der Waals surface area contributed by atoms with Crippen LogP contribution >= 0.6 is 0 Å². The molecule has 5 nitrogen and oxygen atoms in total. The summed E-state index contributed by atoms with van der Waals surface area (Å²) >= 11 is 0. The first-order chi connectivity index (χ1) is 6.17. The molecule has 0 aliphatic carbocycles. The summed E-state index contributed by atoms with van der Waals surface area (Å²) in [7, 11) is 0. The van der Waals surface area contributed by atoms with Gasteiger partial charge >= 0.3 is 0 Å². The molecule has 1 heterocycles. The van der Waals surface area contributed by atoms with Crippen molar-refractivity contribution < 1.29 is 20.4 Å². The molecule has 78 valence electrons. The van der Waals surface area contributed by atoms with Crippen LogP contribution in [0, 0.1) is 0 Å². The van der Waals surface area contributed by atoms with Crippen molar-refractivity contribution in [3.8, 4) is 0 Å². The Labute approximate surface area is 77.0 Å². The first-order valence-electron chi connectivity index (χ1n) is 4.51. The highest BCUT2D eigenvalue weighted by molar-refractivity contribution is 4.88. The second kappa shape index (κ2) is 4.88. The van der Waals surface area contributed by atoms with E-state index in [1.807, 2.05) is 0 Å². The molecular formula is C8H17NO4. The minimum atomic E-state index is -0.871. The van der Waals surface area contributed by atoms with Crippen LogP contribution in [-0.4, -0.2) is 57.9 Å². The summed E-state index contributed by atoms with van der Waals surface area (Å²) in [4.78, 5) is 0. The van der Waals surface area contributed by atoms with Crippen molar-refractivity contribution in [1.82, 2.24) is 5.32 Å². The van der Waals surface area contributed by atoms with Crippen LogP contribution in [0.1, 0.15) is 12.8 Å². The number of hydrogen-bond acceptors (Lipinski definition) is 5. The standard InChI is InChI=1S/C8H17NO4/c10-3-5-1-6(12)2-7(9-5)8(13)4-11/h5-13H,1-4H2/t5-,6-,7+,8-/m0/s1. The zero-order chi connectivity index (χ0) is 9.84. The molecule has 0 aromatic heterocycles. The lowest BCUT2D eigenvalue weighted by atomic mass is 9.93. The van der Waals surface area contributed by atoms with Crippen molar-refractivity contribution in [1.29, 1.82) is 0 Å². The highest BCUT2D eigenvalue weighted by atomic mass is 16.3. The molecule has 1 aliphatic rings. The molecule has 0 unspecified atom stereocenters. The third-order valence-electron chi connectivity index (χ3n) is 2.40. The second-order valence-electron chi connectivity index (χ2n) is 3.53. The van der Waals surface area contributed by atoms with Crippen molar-refractivity contribution in [2.24, 2.45) is 0 Å². The number of aliphatic hydroxyl groups is 4. The number of nitrogens with one attached hydrogen (secondary N) is 1. The smallest absolute Gasteiger partial charge is 0.0924 e. The van der Waals surface area contributed by atoms with E-state index in [2.05, 4.69) is 5.32 Å². The molecule has 4 atom stereocenters. The van der Waals surface area contributed by atoms with E-state index in [1.54, 1.807) is 0 Å². The molecule has 1 fully saturated rings. The first kappa shape index (κ1) is 10.9.